The Hall–Kier alpha value is -2.66. The second-order valence-electron chi connectivity index (χ2n) is 6.89. The molecule has 0 radical (unpaired) electrons. The Morgan fingerprint density at radius 3 is 1.96 bits per heavy atom. The van der Waals surface area contributed by atoms with Gasteiger partial charge in [-0.1, -0.05) is 60.7 Å². The number of ether oxygens (including phenoxy) is 1. The zero-order valence-corrected chi connectivity index (χ0v) is 15.2. The fraction of sp³-hybridized carbons (Fsp3) is 0.364. The molecule has 1 saturated heterocycles. The number of hydrogen-bond donors (Lipinski definition) is 2. The lowest BCUT2D eigenvalue weighted by atomic mass is 9.85. The highest BCUT2D eigenvalue weighted by atomic mass is 16.5. The van der Waals surface area contributed by atoms with Gasteiger partial charge in [0.05, 0.1) is 11.8 Å². The Morgan fingerprint density at radius 1 is 0.963 bits per heavy atom. The number of aliphatic carboxylic acids is 1. The molecular formula is C22H25NO4. The Labute approximate surface area is 159 Å². The first-order valence-electron chi connectivity index (χ1n) is 9.35. The van der Waals surface area contributed by atoms with Crippen LogP contribution in [0.1, 0.15) is 29.9 Å². The van der Waals surface area contributed by atoms with E-state index in [1.807, 2.05) is 60.7 Å². The van der Waals surface area contributed by atoms with E-state index in [9.17, 15) is 14.7 Å². The summed E-state index contributed by atoms with van der Waals surface area (Å²) >= 11 is 0. The number of rotatable bonds is 7. The minimum atomic E-state index is -0.863. The maximum Gasteiger partial charge on any atom is 0.308 e. The molecule has 2 aromatic rings. The highest BCUT2D eigenvalue weighted by molar-refractivity contribution is 5.87. The van der Waals surface area contributed by atoms with Gasteiger partial charge in [-0.2, -0.15) is 0 Å². The van der Waals surface area contributed by atoms with Crippen molar-refractivity contribution in [3.05, 3.63) is 71.8 Å². The fourth-order valence-corrected chi connectivity index (χ4v) is 3.67. The van der Waals surface area contributed by atoms with Gasteiger partial charge in [0.25, 0.3) is 0 Å². The molecule has 0 aromatic heterocycles. The Bertz CT molecular complexity index is 702. The molecule has 1 aliphatic rings. The van der Waals surface area contributed by atoms with E-state index in [0.29, 0.717) is 26.1 Å². The molecule has 0 spiro atoms. The smallest absolute Gasteiger partial charge is 0.308 e. The van der Waals surface area contributed by atoms with E-state index in [1.165, 1.54) is 0 Å². The van der Waals surface area contributed by atoms with Crippen LogP contribution in [0.25, 0.3) is 0 Å². The van der Waals surface area contributed by atoms with E-state index in [-0.39, 0.29) is 18.4 Å². The molecule has 1 heterocycles. The zero-order chi connectivity index (χ0) is 19.1. The fourth-order valence-electron chi connectivity index (χ4n) is 3.67. The highest BCUT2D eigenvalue weighted by Crippen LogP contribution is 2.26. The summed E-state index contributed by atoms with van der Waals surface area (Å²) in [6.07, 6.45) is 1.43. The predicted octanol–water partition coefficient (Wildman–Crippen LogP) is 3.06. The Kier molecular flexibility index (Phi) is 6.60. The average molecular weight is 367 g/mol. The molecule has 27 heavy (non-hydrogen) atoms. The Morgan fingerprint density at radius 2 is 1.48 bits per heavy atom. The first-order valence-corrected chi connectivity index (χ1v) is 9.35. The monoisotopic (exact) mass is 367 g/mol. The largest absolute Gasteiger partial charge is 0.481 e. The van der Waals surface area contributed by atoms with E-state index < -0.39 is 17.8 Å². The van der Waals surface area contributed by atoms with Gasteiger partial charge in [0.1, 0.15) is 0 Å². The molecular weight excluding hydrogens is 342 g/mol. The summed E-state index contributed by atoms with van der Waals surface area (Å²) in [6.45, 7) is 1.30. The van der Waals surface area contributed by atoms with Crippen LogP contribution in [-0.2, 0) is 14.3 Å². The molecule has 0 aliphatic carbocycles. The van der Waals surface area contributed by atoms with E-state index in [0.717, 1.165) is 11.1 Å². The van der Waals surface area contributed by atoms with Gasteiger partial charge in [0, 0.05) is 19.8 Å². The molecule has 5 heteroatoms. The van der Waals surface area contributed by atoms with Crippen LogP contribution in [0, 0.1) is 11.8 Å². The van der Waals surface area contributed by atoms with Crippen molar-refractivity contribution in [3.63, 3.8) is 0 Å². The van der Waals surface area contributed by atoms with E-state index >= 15 is 0 Å². The number of hydrogen-bond acceptors (Lipinski definition) is 3. The van der Waals surface area contributed by atoms with Crippen molar-refractivity contribution in [2.24, 2.45) is 11.8 Å². The van der Waals surface area contributed by atoms with Gasteiger partial charge in [-0.3, -0.25) is 9.59 Å². The van der Waals surface area contributed by atoms with Crippen LogP contribution in [0.15, 0.2) is 60.7 Å². The lowest BCUT2D eigenvalue weighted by Crippen LogP contribution is -2.40. The number of carboxylic acids is 1. The van der Waals surface area contributed by atoms with Crippen LogP contribution in [0.4, 0.5) is 0 Å². The molecule has 2 N–H and O–H groups in total. The molecule has 142 valence electrons. The molecule has 2 aromatic carbocycles. The topological polar surface area (TPSA) is 75.6 Å². The maximum absolute atomic E-state index is 13.0. The van der Waals surface area contributed by atoms with Gasteiger partial charge in [0.2, 0.25) is 5.91 Å². The van der Waals surface area contributed by atoms with Crippen LogP contribution in [0.3, 0.4) is 0 Å². The van der Waals surface area contributed by atoms with Crippen molar-refractivity contribution in [1.82, 2.24) is 5.32 Å². The average Bonchev–Trinajstić information content (AvgIpc) is 2.70. The number of carbonyl (C=O) groups excluding carboxylic acids is 1. The summed E-state index contributed by atoms with van der Waals surface area (Å²) in [5.74, 6) is -2.06. The van der Waals surface area contributed by atoms with Crippen molar-refractivity contribution >= 4 is 11.9 Å². The van der Waals surface area contributed by atoms with Gasteiger partial charge in [-0.25, -0.2) is 0 Å². The van der Waals surface area contributed by atoms with E-state index in [1.54, 1.807) is 0 Å². The van der Waals surface area contributed by atoms with Crippen LogP contribution in [0.2, 0.25) is 0 Å². The molecule has 1 unspecified atom stereocenters. The summed E-state index contributed by atoms with van der Waals surface area (Å²) in [7, 11) is 0. The third-order valence-electron chi connectivity index (χ3n) is 5.18. The molecule has 1 atom stereocenters. The minimum absolute atomic E-state index is 0.0310. The van der Waals surface area contributed by atoms with Gasteiger partial charge in [-0.05, 0) is 29.9 Å². The maximum atomic E-state index is 13.0. The van der Waals surface area contributed by atoms with Crippen molar-refractivity contribution in [2.45, 2.75) is 18.8 Å². The summed E-state index contributed by atoms with van der Waals surface area (Å²) < 4.78 is 5.33. The summed E-state index contributed by atoms with van der Waals surface area (Å²) in [5, 5.41) is 12.5. The molecule has 3 rings (SSSR count). The van der Waals surface area contributed by atoms with Crippen molar-refractivity contribution in [2.75, 3.05) is 19.8 Å². The first-order chi connectivity index (χ1) is 13.2. The zero-order valence-electron chi connectivity index (χ0n) is 15.2. The number of amides is 1. The second kappa shape index (κ2) is 9.33. The number of carbonyl (C=O) groups is 2. The van der Waals surface area contributed by atoms with Crippen LogP contribution >= 0.6 is 0 Å². The van der Waals surface area contributed by atoms with Gasteiger partial charge in [-0.15, -0.1) is 0 Å². The molecule has 1 amide bonds. The molecule has 1 aliphatic heterocycles. The quantitative estimate of drug-likeness (QED) is 0.789. The number of benzene rings is 2. The molecule has 0 bridgehead atoms. The summed E-state index contributed by atoms with van der Waals surface area (Å²) in [4.78, 5) is 24.8. The highest BCUT2D eigenvalue weighted by Gasteiger charge is 2.31. The van der Waals surface area contributed by atoms with E-state index in [2.05, 4.69) is 5.32 Å². The molecule has 1 fully saturated rings. The van der Waals surface area contributed by atoms with Gasteiger partial charge < -0.3 is 15.2 Å². The molecule has 0 saturated carbocycles. The van der Waals surface area contributed by atoms with Gasteiger partial charge >= 0.3 is 5.97 Å². The van der Waals surface area contributed by atoms with E-state index in [4.69, 9.17) is 4.74 Å². The third-order valence-corrected chi connectivity index (χ3v) is 5.18. The van der Waals surface area contributed by atoms with Crippen LogP contribution in [0.5, 0.6) is 0 Å². The van der Waals surface area contributed by atoms with Crippen LogP contribution in [-0.4, -0.2) is 36.7 Å². The lowest BCUT2D eigenvalue weighted by molar-refractivity contribution is -0.145. The number of carboxylic acid groups (broad SMARTS) is 1. The van der Waals surface area contributed by atoms with Crippen molar-refractivity contribution in [1.29, 1.82) is 0 Å². The normalized spacial score (nSPS) is 16.0. The van der Waals surface area contributed by atoms with Crippen molar-refractivity contribution < 1.29 is 19.4 Å². The standard InChI is InChI=1S/C22H25NO4/c24-21(23-15-19(22(25)26)16-11-13-27-14-12-16)20(17-7-3-1-4-8-17)18-9-5-2-6-10-18/h1-10,16,19-20H,11-15H2,(H,23,24)(H,25,26). The SMILES string of the molecule is O=C(NCC(C(=O)O)C1CCOCC1)C(c1ccccc1)c1ccccc1. The van der Waals surface area contributed by atoms with Crippen molar-refractivity contribution in [3.8, 4) is 0 Å². The van der Waals surface area contributed by atoms with Gasteiger partial charge in [0.15, 0.2) is 0 Å². The predicted molar refractivity (Wildman–Crippen MR) is 102 cm³/mol. The first kappa shape index (κ1) is 19.1. The number of nitrogens with one attached hydrogen (secondary N) is 1. The molecule has 5 nitrogen and oxygen atoms in total. The third kappa shape index (κ3) is 4.95. The minimum Gasteiger partial charge on any atom is -0.481 e. The summed E-state index contributed by atoms with van der Waals surface area (Å²) in [5.41, 5.74) is 1.78. The lowest BCUT2D eigenvalue weighted by Gasteiger charge is -2.28. The second-order valence-corrected chi connectivity index (χ2v) is 6.89. The van der Waals surface area contributed by atoms with Crippen LogP contribution < -0.4 is 5.32 Å². The summed E-state index contributed by atoms with van der Waals surface area (Å²) in [6, 6.07) is 19.1. The Balaban J connectivity index is 1.75.